The van der Waals surface area contributed by atoms with Gasteiger partial charge in [-0.05, 0) is 18.2 Å². The second-order valence-corrected chi connectivity index (χ2v) is 3.31. The Morgan fingerprint density at radius 2 is 2.14 bits per heavy atom. The van der Waals surface area contributed by atoms with Crippen molar-refractivity contribution in [3.8, 4) is 0 Å². The molecule has 78 valence electrons. The van der Waals surface area contributed by atoms with Gasteiger partial charge >= 0.3 is 0 Å². The van der Waals surface area contributed by atoms with Crippen LogP contribution in [0.25, 0.3) is 0 Å². The average molecular weight is 220 g/mol. The molecule has 0 aliphatic rings. The van der Waals surface area contributed by atoms with Crippen LogP contribution in [0.5, 0.6) is 0 Å². The van der Waals surface area contributed by atoms with Crippen LogP contribution in [0.15, 0.2) is 18.2 Å². The van der Waals surface area contributed by atoms with E-state index in [2.05, 4.69) is 5.32 Å². The lowest BCUT2D eigenvalue weighted by Crippen LogP contribution is -2.22. The molecule has 0 saturated heterocycles. The summed E-state index contributed by atoms with van der Waals surface area (Å²) in [5, 5.41) is 20.6. The molecule has 3 N–H and O–H groups in total. The number of benzene rings is 1. The molecule has 14 heavy (non-hydrogen) atoms. The predicted molar refractivity (Wildman–Crippen MR) is 53.0 cm³/mol. The first-order valence-corrected chi connectivity index (χ1v) is 4.48. The van der Waals surface area contributed by atoms with Gasteiger partial charge in [0, 0.05) is 17.3 Å². The van der Waals surface area contributed by atoms with Gasteiger partial charge in [0.15, 0.2) is 0 Å². The van der Waals surface area contributed by atoms with Crippen molar-refractivity contribution in [3.63, 3.8) is 0 Å². The van der Waals surface area contributed by atoms with Crippen LogP contribution < -0.4 is 5.32 Å². The molecule has 3 nitrogen and oxygen atoms in total. The average Bonchev–Trinajstić information content (AvgIpc) is 2.12. The lowest BCUT2D eigenvalue weighted by molar-refractivity contribution is 0.105. The van der Waals surface area contributed by atoms with Crippen molar-refractivity contribution >= 4 is 17.3 Å². The zero-order valence-electron chi connectivity index (χ0n) is 7.37. The molecule has 0 heterocycles. The lowest BCUT2D eigenvalue weighted by Gasteiger charge is -2.10. The molecule has 0 bridgehead atoms. The van der Waals surface area contributed by atoms with E-state index in [0.29, 0.717) is 5.69 Å². The van der Waals surface area contributed by atoms with Crippen LogP contribution in [0.3, 0.4) is 0 Å². The number of hydrogen-bond acceptors (Lipinski definition) is 3. The molecule has 0 aliphatic carbocycles. The number of aliphatic hydroxyl groups excluding tert-OH is 2. The van der Waals surface area contributed by atoms with Crippen LogP contribution in [0.1, 0.15) is 0 Å². The Bertz CT molecular complexity index is 289. The number of rotatable bonds is 4. The van der Waals surface area contributed by atoms with Crippen molar-refractivity contribution in [1.29, 1.82) is 0 Å². The van der Waals surface area contributed by atoms with Gasteiger partial charge in [-0.25, -0.2) is 4.39 Å². The van der Waals surface area contributed by atoms with Gasteiger partial charge in [0.1, 0.15) is 5.82 Å². The van der Waals surface area contributed by atoms with Gasteiger partial charge in [-0.3, -0.25) is 0 Å². The minimum Gasteiger partial charge on any atom is -0.394 e. The fraction of sp³-hybridized carbons (Fsp3) is 0.333. The summed E-state index contributed by atoms with van der Waals surface area (Å²) in [6.45, 7) is -0.188. The molecule has 1 aromatic carbocycles. The standard InChI is InChI=1S/C9H11ClFNO2/c10-6-1-7(11)3-8(2-6)12-4-9(14)5-13/h1-3,9,12-14H,4-5H2. The van der Waals surface area contributed by atoms with E-state index in [1.165, 1.54) is 18.2 Å². The highest BCUT2D eigenvalue weighted by Crippen LogP contribution is 2.17. The quantitative estimate of drug-likeness (QED) is 0.714. The molecule has 0 spiro atoms. The van der Waals surface area contributed by atoms with E-state index in [-0.39, 0.29) is 18.2 Å². The third-order valence-corrected chi connectivity index (χ3v) is 1.83. The van der Waals surface area contributed by atoms with E-state index in [0.717, 1.165) is 0 Å². The van der Waals surface area contributed by atoms with Crippen molar-refractivity contribution < 1.29 is 14.6 Å². The van der Waals surface area contributed by atoms with Gasteiger partial charge in [0.25, 0.3) is 0 Å². The molecule has 5 heteroatoms. The largest absolute Gasteiger partial charge is 0.394 e. The van der Waals surface area contributed by atoms with E-state index in [1.807, 2.05) is 0 Å². The van der Waals surface area contributed by atoms with Gasteiger partial charge in [-0.2, -0.15) is 0 Å². The van der Waals surface area contributed by atoms with E-state index in [1.54, 1.807) is 0 Å². The van der Waals surface area contributed by atoms with Crippen LogP contribution in [0, 0.1) is 5.82 Å². The first kappa shape index (κ1) is 11.2. The highest BCUT2D eigenvalue weighted by molar-refractivity contribution is 6.30. The Morgan fingerprint density at radius 3 is 2.71 bits per heavy atom. The summed E-state index contributed by atoms with van der Waals surface area (Å²) in [6.07, 6.45) is -0.864. The van der Waals surface area contributed by atoms with E-state index in [4.69, 9.17) is 21.8 Å². The predicted octanol–water partition coefficient (Wildman–Crippen LogP) is 1.24. The van der Waals surface area contributed by atoms with Gasteiger partial charge in [0.05, 0.1) is 12.7 Å². The third-order valence-electron chi connectivity index (χ3n) is 1.62. The van der Waals surface area contributed by atoms with Crippen molar-refractivity contribution in [2.75, 3.05) is 18.5 Å². The van der Waals surface area contributed by atoms with Crippen molar-refractivity contribution in [3.05, 3.63) is 29.0 Å². The monoisotopic (exact) mass is 219 g/mol. The second-order valence-electron chi connectivity index (χ2n) is 2.88. The van der Waals surface area contributed by atoms with Crippen LogP contribution in [-0.4, -0.2) is 29.5 Å². The highest BCUT2D eigenvalue weighted by atomic mass is 35.5. The summed E-state index contributed by atoms with van der Waals surface area (Å²) in [4.78, 5) is 0. The molecule has 0 fully saturated rings. The summed E-state index contributed by atoms with van der Waals surface area (Å²) in [5.74, 6) is -0.446. The number of nitrogens with one attached hydrogen (secondary N) is 1. The lowest BCUT2D eigenvalue weighted by atomic mass is 10.3. The maximum Gasteiger partial charge on any atom is 0.126 e. The van der Waals surface area contributed by atoms with Crippen LogP contribution in [-0.2, 0) is 0 Å². The Morgan fingerprint density at radius 1 is 1.43 bits per heavy atom. The Balaban J connectivity index is 2.58. The summed E-state index contributed by atoms with van der Waals surface area (Å²) in [5.41, 5.74) is 0.475. The number of anilines is 1. The fourth-order valence-corrected chi connectivity index (χ4v) is 1.18. The Labute approximate surface area is 86.1 Å². The van der Waals surface area contributed by atoms with Gasteiger partial charge < -0.3 is 15.5 Å². The third kappa shape index (κ3) is 3.49. The van der Waals surface area contributed by atoms with Gasteiger partial charge in [-0.1, -0.05) is 11.6 Å². The van der Waals surface area contributed by atoms with Crippen molar-refractivity contribution in [2.24, 2.45) is 0 Å². The smallest absolute Gasteiger partial charge is 0.126 e. The maximum absolute atomic E-state index is 12.8. The molecule has 0 aliphatic heterocycles. The van der Waals surface area contributed by atoms with E-state index in [9.17, 15) is 4.39 Å². The fourth-order valence-electron chi connectivity index (χ4n) is 0.956. The molecule has 0 radical (unpaired) electrons. The summed E-state index contributed by atoms with van der Waals surface area (Å²) in [7, 11) is 0. The molecule has 1 unspecified atom stereocenters. The topological polar surface area (TPSA) is 52.5 Å². The molecule has 0 amide bonds. The normalized spacial score (nSPS) is 12.6. The molecular weight excluding hydrogens is 209 g/mol. The SMILES string of the molecule is OCC(O)CNc1cc(F)cc(Cl)c1. The van der Waals surface area contributed by atoms with E-state index >= 15 is 0 Å². The maximum atomic E-state index is 12.8. The summed E-state index contributed by atoms with van der Waals surface area (Å²) in [6, 6.07) is 3.99. The molecule has 1 aromatic rings. The molecule has 1 rings (SSSR count). The van der Waals surface area contributed by atoms with Crippen LogP contribution in [0.4, 0.5) is 10.1 Å². The first-order chi connectivity index (χ1) is 6.61. The first-order valence-electron chi connectivity index (χ1n) is 4.10. The van der Waals surface area contributed by atoms with E-state index < -0.39 is 11.9 Å². The second kappa shape index (κ2) is 5.14. The minimum atomic E-state index is -0.864. The van der Waals surface area contributed by atoms with Crippen LogP contribution >= 0.6 is 11.6 Å². The van der Waals surface area contributed by atoms with Gasteiger partial charge in [-0.15, -0.1) is 0 Å². The summed E-state index contributed by atoms with van der Waals surface area (Å²) < 4.78 is 12.8. The highest BCUT2D eigenvalue weighted by Gasteiger charge is 2.03. The zero-order valence-corrected chi connectivity index (χ0v) is 8.13. The molecule has 1 atom stereocenters. The number of halogens is 2. The molecule has 0 aromatic heterocycles. The summed E-state index contributed by atoms with van der Waals surface area (Å²) >= 11 is 5.61. The Kier molecular flexibility index (Phi) is 4.13. The van der Waals surface area contributed by atoms with Crippen LogP contribution in [0.2, 0.25) is 5.02 Å². The minimum absolute atomic E-state index is 0.149. The van der Waals surface area contributed by atoms with Gasteiger partial charge in [0.2, 0.25) is 0 Å². The number of aliphatic hydroxyl groups is 2. The molecule has 0 saturated carbocycles. The zero-order chi connectivity index (χ0) is 10.6. The van der Waals surface area contributed by atoms with Crippen molar-refractivity contribution in [2.45, 2.75) is 6.10 Å². The Hall–Kier alpha value is -0.840. The van der Waals surface area contributed by atoms with Crippen molar-refractivity contribution in [1.82, 2.24) is 0 Å². The number of hydrogen-bond donors (Lipinski definition) is 3. The molecular formula is C9H11ClFNO2.